The predicted octanol–water partition coefficient (Wildman–Crippen LogP) is 3.06. The first-order valence-electron chi connectivity index (χ1n) is 7.43. The summed E-state index contributed by atoms with van der Waals surface area (Å²) in [6.45, 7) is 5.52. The number of carbonyl (C=O) groups excluding carboxylic acids is 1. The van der Waals surface area contributed by atoms with Gasteiger partial charge in [-0.25, -0.2) is 0 Å². The SMILES string of the molecule is Cc1nn(CCC(=O)Nc2ccc3c(c2)OCCO3)c(C)c1Br. The molecule has 0 unspecified atom stereocenters. The molecule has 0 atom stereocenters. The maximum Gasteiger partial charge on any atom is 0.226 e. The number of hydrogen-bond acceptors (Lipinski definition) is 4. The molecule has 0 saturated carbocycles. The van der Waals surface area contributed by atoms with Crippen molar-refractivity contribution >= 4 is 27.5 Å². The lowest BCUT2D eigenvalue weighted by atomic mass is 10.2. The van der Waals surface area contributed by atoms with Gasteiger partial charge in [0.2, 0.25) is 5.91 Å². The fourth-order valence-corrected chi connectivity index (χ4v) is 2.73. The Kier molecular flexibility index (Phi) is 4.56. The minimum absolute atomic E-state index is 0.0645. The Balaban J connectivity index is 1.60. The van der Waals surface area contributed by atoms with Gasteiger partial charge in [0.25, 0.3) is 0 Å². The highest BCUT2D eigenvalue weighted by Gasteiger charge is 2.14. The Hall–Kier alpha value is -2.02. The molecule has 1 N–H and O–H groups in total. The molecule has 1 aliphatic rings. The van der Waals surface area contributed by atoms with E-state index >= 15 is 0 Å². The van der Waals surface area contributed by atoms with Gasteiger partial charge in [-0.1, -0.05) is 0 Å². The summed E-state index contributed by atoms with van der Waals surface area (Å²) < 4.78 is 13.8. The molecule has 3 rings (SSSR count). The Morgan fingerprint density at radius 3 is 2.74 bits per heavy atom. The second-order valence-corrected chi connectivity index (χ2v) is 6.16. The molecule has 0 saturated heterocycles. The molecule has 1 aliphatic heterocycles. The van der Waals surface area contributed by atoms with Crippen molar-refractivity contribution in [3.05, 3.63) is 34.1 Å². The number of rotatable bonds is 4. The molecule has 122 valence electrons. The average Bonchev–Trinajstić information content (AvgIpc) is 2.80. The molecule has 0 radical (unpaired) electrons. The number of amides is 1. The van der Waals surface area contributed by atoms with Crippen molar-refractivity contribution in [3.63, 3.8) is 0 Å². The van der Waals surface area contributed by atoms with Gasteiger partial charge < -0.3 is 14.8 Å². The minimum Gasteiger partial charge on any atom is -0.486 e. The zero-order valence-corrected chi connectivity index (χ0v) is 14.6. The van der Waals surface area contributed by atoms with Crippen LogP contribution in [0.5, 0.6) is 11.5 Å². The van der Waals surface area contributed by atoms with Crippen LogP contribution in [0.3, 0.4) is 0 Å². The van der Waals surface area contributed by atoms with Crippen LogP contribution < -0.4 is 14.8 Å². The van der Waals surface area contributed by atoms with Crippen LogP contribution in [0.15, 0.2) is 22.7 Å². The van der Waals surface area contributed by atoms with E-state index in [9.17, 15) is 4.79 Å². The van der Waals surface area contributed by atoms with Crippen LogP contribution in [-0.4, -0.2) is 28.9 Å². The summed E-state index contributed by atoms with van der Waals surface area (Å²) in [7, 11) is 0. The highest BCUT2D eigenvalue weighted by atomic mass is 79.9. The standard InChI is InChI=1S/C16H18BrN3O3/c1-10-16(17)11(2)20(19-10)6-5-15(21)18-12-3-4-13-14(9-12)23-8-7-22-13/h3-4,9H,5-8H2,1-2H3,(H,18,21). The van der Waals surface area contributed by atoms with E-state index in [1.165, 1.54) is 0 Å². The van der Waals surface area contributed by atoms with E-state index in [0.717, 1.165) is 15.9 Å². The fraction of sp³-hybridized carbons (Fsp3) is 0.375. The van der Waals surface area contributed by atoms with Crippen molar-refractivity contribution in [2.24, 2.45) is 0 Å². The van der Waals surface area contributed by atoms with Gasteiger partial charge in [-0.3, -0.25) is 9.48 Å². The van der Waals surface area contributed by atoms with Gasteiger partial charge in [0.15, 0.2) is 11.5 Å². The molecule has 0 fully saturated rings. The first-order chi connectivity index (χ1) is 11.0. The maximum absolute atomic E-state index is 12.1. The van der Waals surface area contributed by atoms with Gasteiger partial charge in [-0.2, -0.15) is 5.10 Å². The van der Waals surface area contributed by atoms with E-state index in [2.05, 4.69) is 26.3 Å². The van der Waals surface area contributed by atoms with Gasteiger partial charge in [0.05, 0.1) is 16.7 Å². The van der Waals surface area contributed by atoms with Gasteiger partial charge in [0.1, 0.15) is 13.2 Å². The third-order valence-corrected chi connectivity index (χ3v) is 4.82. The largest absolute Gasteiger partial charge is 0.486 e. The minimum atomic E-state index is -0.0645. The van der Waals surface area contributed by atoms with E-state index in [4.69, 9.17) is 9.47 Å². The number of nitrogens with zero attached hydrogens (tertiary/aromatic N) is 2. The lowest BCUT2D eigenvalue weighted by Gasteiger charge is -2.19. The summed E-state index contributed by atoms with van der Waals surface area (Å²) in [5.41, 5.74) is 2.65. The Bertz CT molecular complexity index is 742. The summed E-state index contributed by atoms with van der Waals surface area (Å²) in [6.07, 6.45) is 0.350. The first kappa shape index (κ1) is 15.9. The number of aromatic nitrogens is 2. The van der Waals surface area contributed by atoms with Gasteiger partial charge >= 0.3 is 0 Å². The number of benzene rings is 1. The van der Waals surface area contributed by atoms with Crippen LogP contribution in [0, 0.1) is 13.8 Å². The molecule has 0 spiro atoms. The molecule has 2 heterocycles. The third-order valence-electron chi connectivity index (χ3n) is 3.67. The molecule has 6 nitrogen and oxygen atoms in total. The van der Waals surface area contributed by atoms with Crippen molar-refractivity contribution in [1.82, 2.24) is 9.78 Å². The van der Waals surface area contributed by atoms with Crippen LogP contribution in [0.2, 0.25) is 0 Å². The smallest absolute Gasteiger partial charge is 0.226 e. The molecule has 23 heavy (non-hydrogen) atoms. The zero-order valence-electron chi connectivity index (χ0n) is 13.1. The Morgan fingerprint density at radius 2 is 2.04 bits per heavy atom. The summed E-state index contributed by atoms with van der Waals surface area (Å²) in [5, 5.41) is 7.28. The average molecular weight is 380 g/mol. The van der Waals surface area contributed by atoms with Crippen molar-refractivity contribution < 1.29 is 14.3 Å². The number of anilines is 1. The van der Waals surface area contributed by atoms with E-state index in [0.29, 0.717) is 43.4 Å². The predicted molar refractivity (Wildman–Crippen MR) is 90.1 cm³/mol. The maximum atomic E-state index is 12.1. The van der Waals surface area contributed by atoms with Crippen LogP contribution >= 0.6 is 15.9 Å². The Morgan fingerprint density at radius 1 is 1.30 bits per heavy atom. The molecule has 1 aromatic carbocycles. The van der Waals surface area contributed by atoms with Crippen LogP contribution in [0.4, 0.5) is 5.69 Å². The van der Waals surface area contributed by atoms with Gasteiger partial charge in [-0.05, 0) is 41.9 Å². The monoisotopic (exact) mass is 379 g/mol. The van der Waals surface area contributed by atoms with E-state index in [-0.39, 0.29) is 5.91 Å². The molecule has 7 heteroatoms. The van der Waals surface area contributed by atoms with E-state index in [1.54, 1.807) is 6.07 Å². The van der Waals surface area contributed by atoms with Crippen LogP contribution in [-0.2, 0) is 11.3 Å². The summed E-state index contributed by atoms with van der Waals surface area (Å²) in [6, 6.07) is 5.40. The summed E-state index contributed by atoms with van der Waals surface area (Å²) in [4.78, 5) is 12.1. The van der Waals surface area contributed by atoms with Crippen LogP contribution in [0.1, 0.15) is 17.8 Å². The summed E-state index contributed by atoms with van der Waals surface area (Å²) >= 11 is 3.49. The number of carbonyl (C=O) groups is 1. The fourth-order valence-electron chi connectivity index (χ4n) is 2.44. The number of fused-ring (bicyclic) bond motifs is 1. The van der Waals surface area contributed by atoms with E-state index < -0.39 is 0 Å². The number of ether oxygens (including phenoxy) is 2. The number of hydrogen-bond donors (Lipinski definition) is 1. The Labute approximate surface area is 142 Å². The lowest BCUT2D eigenvalue weighted by Crippen LogP contribution is -2.17. The van der Waals surface area contributed by atoms with Crippen molar-refractivity contribution in [2.75, 3.05) is 18.5 Å². The normalized spacial score (nSPS) is 13.0. The molecule has 0 aliphatic carbocycles. The van der Waals surface area contributed by atoms with Gasteiger partial charge in [-0.15, -0.1) is 0 Å². The highest BCUT2D eigenvalue weighted by Crippen LogP contribution is 2.32. The zero-order chi connectivity index (χ0) is 16.4. The molecular weight excluding hydrogens is 362 g/mol. The van der Waals surface area contributed by atoms with Crippen molar-refractivity contribution in [3.8, 4) is 11.5 Å². The van der Waals surface area contributed by atoms with E-state index in [1.807, 2.05) is 30.7 Å². The molecular formula is C16H18BrN3O3. The first-order valence-corrected chi connectivity index (χ1v) is 8.23. The van der Waals surface area contributed by atoms with Gasteiger partial charge in [0, 0.05) is 23.9 Å². The molecule has 2 aromatic rings. The second kappa shape index (κ2) is 6.62. The topological polar surface area (TPSA) is 65.4 Å². The number of aryl methyl sites for hydroxylation is 2. The van der Waals surface area contributed by atoms with Crippen molar-refractivity contribution in [2.45, 2.75) is 26.8 Å². The highest BCUT2D eigenvalue weighted by molar-refractivity contribution is 9.10. The molecule has 1 aromatic heterocycles. The third kappa shape index (κ3) is 3.50. The summed E-state index contributed by atoms with van der Waals surface area (Å²) in [5.74, 6) is 1.31. The number of nitrogens with one attached hydrogen (secondary N) is 1. The molecule has 0 bridgehead atoms. The molecule has 1 amide bonds. The lowest BCUT2D eigenvalue weighted by molar-refractivity contribution is -0.116. The quantitative estimate of drug-likeness (QED) is 0.886. The number of halogens is 1. The van der Waals surface area contributed by atoms with Crippen LogP contribution in [0.25, 0.3) is 0 Å². The second-order valence-electron chi connectivity index (χ2n) is 5.36. The van der Waals surface area contributed by atoms with Crippen molar-refractivity contribution in [1.29, 1.82) is 0 Å².